The van der Waals surface area contributed by atoms with Crippen LogP contribution in [0.1, 0.15) is 13.3 Å². The predicted octanol–water partition coefficient (Wildman–Crippen LogP) is 3.09. The van der Waals surface area contributed by atoms with Crippen LogP contribution in [0.2, 0.25) is 10.0 Å². The number of rotatable bonds is 5. The summed E-state index contributed by atoms with van der Waals surface area (Å²) in [7, 11) is 0. The molecule has 2 atom stereocenters. The Morgan fingerprint density at radius 2 is 2.05 bits per heavy atom. The van der Waals surface area contributed by atoms with Crippen molar-refractivity contribution in [3.63, 3.8) is 0 Å². The van der Waals surface area contributed by atoms with Gasteiger partial charge >= 0.3 is 0 Å². The molecular weight excluding hydrogens is 318 g/mol. The molecule has 1 aromatic carbocycles. The molecule has 1 aliphatic rings. The highest BCUT2D eigenvalue weighted by atomic mass is 35.5. The normalized spacial score (nSPS) is 21.5. The first-order valence-electron chi connectivity index (χ1n) is 6.79. The van der Waals surface area contributed by atoms with E-state index in [1.54, 1.807) is 0 Å². The minimum absolute atomic E-state index is 0.0173. The lowest BCUT2D eigenvalue weighted by Crippen LogP contribution is -2.41. The van der Waals surface area contributed by atoms with E-state index in [-0.39, 0.29) is 27.9 Å². The fraction of sp³-hybridized carbons (Fsp3) is 0.500. The van der Waals surface area contributed by atoms with Crippen molar-refractivity contribution >= 4 is 34.8 Å². The van der Waals surface area contributed by atoms with E-state index in [0.29, 0.717) is 18.9 Å². The number of anilines is 1. The van der Waals surface area contributed by atoms with Crippen LogP contribution >= 0.6 is 23.2 Å². The van der Waals surface area contributed by atoms with Crippen molar-refractivity contribution < 1.29 is 13.9 Å². The van der Waals surface area contributed by atoms with E-state index in [1.165, 1.54) is 12.1 Å². The number of nitrogens with one attached hydrogen (secondary N) is 2. The fourth-order valence-electron chi connectivity index (χ4n) is 2.21. The topological polar surface area (TPSA) is 50.4 Å². The highest BCUT2D eigenvalue weighted by Gasteiger charge is 2.33. The van der Waals surface area contributed by atoms with Crippen molar-refractivity contribution in [2.75, 3.05) is 25.1 Å². The first-order valence-corrected chi connectivity index (χ1v) is 7.55. The Balaban J connectivity index is 2.03. The zero-order valence-electron chi connectivity index (χ0n) is 11.6. The van der Waals surface area contributed by atoms with Crippen molar-refractivity contribution in [3.8, 4) is 0 Å². The molecular formula is C14H17Cl2FN2O2. The average molecular weight is 335 g/mol. The summed E-state index contributed by atoms with van der Waals surface area (Å²) in [5.74, 6) is -1.18. The van der Waals surface area contributed by atoms with Gasteiger partial charge in [-0.05, 0) is 25.1 Å². The van der Waals surface area contributed by atoms with Gasteiger partial charge in [0.1, 0.15) is 0 Å². The molecule has 1 saturated heterocycles. The van der Waals surface area contributed by atoms with Gasteiger partial charge in [-0.2, -0.15) is 0 Å². The molecule has 0 spiro atoms. The summed E-state index contributed by atoms with van der Waals surface area (Å²) in [5.41, 5.74) is 0.373. The molecule has 0 aliphatic carbocycles. The fourth-order valence-corrected chi connectivity index (χ4v) is 2.69. The average Bonchev–Trinajstić information content (AvgIpc) is 2.90. The Kier molecular flexibility index (Phi) is 5.81. The molecule has 1 fully saturated rings. The number of hydrogen-bond acceptors (Lipinski definition) is 3. The van der Waals surface area contributed by atoms with Crippen molar-refractivity contribution in [1.82, 2.24) is 5.32 Å². The Labute approximate surface area is 132 Å². The second-order valence-corrected chi connectivity index (χ2v) is 5.76. The number of benzene rings is 1. The Morgan fingerprint density at radius 1 is 1.38 bits per heavy atom. The SMILES string of the molecule is CCCNC1COCC1C(=O)Nc1cc(Cl)c(F)c(Cl)c1. The molecule has 0 saturated carbocycles. The minimum Gasteiger partial charge on any atom is -0.379 e. The molecule has 1 aliphatic heterocycles. The monoisotopic (exact) mass is 334 g/mol. The summed E-state index contributed by atoms with van der Waals surface area (Å²) in [6, 6.07) is 2.66. The quantitative estimate of drug-likeness (QED) is 0.813. The van der Waals surface area contributed by atoms with Gasteiger partial charge in [-0.15, -0.1) is 0 Å². The molecule has 116 valence electrons. The van der Waals surface area contributed by atoms with Gasteiger partial charge in [-0.3, -0.25) is 4.79 Å². The first kappa shape index (κ1) is 16.5. The molecule has 1 aromatic rings. The molecule has 2 rings (SSSR count). The summed E-state index contributed by atoms with van der Waals surface area (Å²) in [6.07, 6.45) is 0.980. The highest BCUT2D eigenvalue weighted by Crippen LogP contribution is 2.28. The van der Waals surface area contributed by atoms with Gasteiger partial charge in [0.05, 0.1) is 29.2 Å². The van der Waals surface area contributed by atoms with E-state index in [9.17, 15) is 9.18 Å². The van der Waals surface area contributed by atoms with Crippen LogP contribution in [0.25, 0.3) is 0 Å². The second-order valence-electron chi connectivity index (χ2n) is 4.95. The van der Waals surface area contributed by atoms with Gasteiger partial charge in [0.15, 0.2) is 5.82 Å². The van der Waals surface area contributed by atoms with Crippen molar-refractivity contribution in [3.05, 3.63) is 28.0 Å². The third-order valence-electron chi connectivity index (χ3n) is 3.33. The Bertz CT molecular complexity index is 505. The predicted molar refractivity (Wildman–Crippen MR) is 81.4 cm³/mol. The van der Waals surface area contributed by atoms with Crippen molar-refractivity contribution in [1.29, 1.82) is 0 Å². The molecule has 7 heteroatoms. The van der Waals surface area contributed by atoms with E-state index in [2.05, 4.69) is 17.6 Å². The van der Waals surface area contributed by atoms with Crippen LogP contribution in [0.4, 0.5) is 10.1 Å². The van der Waals surface area contributed by atoms with Crippen LogP contribution in [-0.4, -0.2) is 31.7 Å². The molecule has 21 heavy (non-hydrogen) atoms. The van der Waals surface area contributed by atoms with Crippen LogP contribution in [0.3, 0.4) is 0 Å². The molecule has 0 radical (unpaired) electrons. The van der Waals surface area contributed by atoms with Crippen LogP contribution in [-0.2, 0) is 9.53 Å². The maximum Gasteiger partial charge on any atom is 0.231 e. The first-order chi connectivity index (χ1) is 10.0. The van der Waals surface area contributed by atoms with E-state index < -0.39 is 5.82 Å². The van der Waals surface area contributed by atoms with Gasteiger partial charge in [-0.25, -0.2) is 4.39 Å². The van der Waals surface area contributed by atoms with E-state index in [4.69, 9.17) is 27.9 Å². The van der Waals surface area contributed by atoms with E-state index >= 15 is 0 Å². The zero-order chi connectivity index (χ0) is 15.4. The number of carbonyl (C=O) groups excluding carboxylic acids is 1. The smallest absolute Gasteiger partial charge is 0.231 e. The van der Waals surface area contributed by atoms with Crippen LogP contribution in [0.15, 0.2) is 12.1 Å². The summed E-state index contributed by atoms with van der Waals surface area (Å²) in [5, 5.41) is 5.74. The molecule has 1 heterocycles. The van der Waals surface area contributed by atoms with Crippen LogP contribution in [0.5, 0.6) is 0 Å². The molecule has 0 bridgehead atoms. The minimum atomic E-state index is -0.692. The number of halogens is 3. The number of amides is 1. The van der Waals surface area contributed by atoms with Crippen molar-refractivity contribution in [2.45, 2.75) is 19.4 Å². The maximum absolute atomic E-state index is 13.3. The molecule has 2 unspecified atom stereocenters. The zero-order valence-corrected chi connectivity index (χ0v) is 13.1. The summed E-state index contributed by atoms with van der Waals surface area (Å²) >= 11 is 11.4. The largest absolute Gasteiger partial charge is 0.379 e. The molecule has 1 amide bonds. The third kappa shape index (κ3) is 4.07. The lowest BCUT2D eigenvalue weighted by molar-refractivity contribution is -0.120. The number of carbonyl (C=O) groups is 1. The van der Waals surface area contributed by atoms with Crippen LogP contribution < -0.4 is 10.6 Å². The van der Waals surface area contributed by atoms with Crippen LogP contribution in [0, 0.1) is 11.7 Å². The molecule has 4 nitrogen and oxygen atoms in total. The van der Waals surface area contributed by atoms with Gasteiger partial charge in [0.2, 0.25) is 5.91 Å². The Morgan fingerprint density at radius 3 is 2.67 bits per heavy atom. The number of hydrogen-bond donors (Lipinski definition) is 2. The molecule has 0 aromatic heterocycles. The molecule has 2 N–H and O–H groups in total. The van der Waals surface area contributed by atoms with E-state index in [0.717, 1.165) is 13.0 Å². The lowest BCUT2D eigenvalue weighted by Gasteiger charge is -2.18. The second kappa shape index (κ2) is 7.40. The lowest BCUT2D eigenvalue weighted by atomic mass is 10.0. The van der Waals surface area contributed by atoms with Gasteiger partial charge < -0.3 is 15.4 Å². The summed E-state index contributed by atoms with van der Waals surface area (Å²) < 4.78 is 18.7. The van der Waals surface area contributed by atoms with Gasteiger partial charge in [-0.1, -0.05) is 30.1 Å². The van der Waals surface area contributed by atoms with Gasteiger partial charge in [0, 0.05) is 11.7 Å². The summed E-state index contributed by atoms with van der Waals surface area (Å²) in [4.78, 5) is 12.3. The standard InChI is InChI=1S/C14H17Cl2FN2O2/c1-2-3-18-12-7-21-6-9(12)14(20)19-8-4-10(15)13(17)11(16)5-8/h4-5,9,12,18H,2-3,6-7H2,1H3,(H,19,20). The highest BCUT2D eigenvalue weighted by molar-refractivity contribution is 6.35. The van der Waals surface area contributed by atoms with E-state index in [1.807, 2.05) is 0 Å². The van der Waals surface area contributed by atoms with Gasteiger partial charge in [0.25, 0.3) is 0 Å². The maximum atomic E-state index is 13.3. The third-order valence-corrected chi connectivity index (χ3v) is 3.88. The number of ether oxygens (including phenoxy) is 1. The Hall–Kier alpha value is -0.880. The van der Waals surface area contributed by atoms with Crippen molar-refractivity contribution in [2.24, 2.45) is 5.92 Å². The summed E-state index contributed by atoms with van der Waals surface area (Å²) in [6.45, 7) is 3.74.